The first kappa shape index (κ1) is 23.7. The molecule has 184 valence electrons. The van der Waals surface area contributed by atoms with Gasteiger partial charge in [0.05, 0.1) is 29.5 Å². The highest BCUT2D eigenvalue weighted by molar-refractivity contribution is 7.99. The van der Waals surface area contributed by atoms with Crippen molar-refractivity contribution in [2.75, 3.05) is 12.4 Å². The Morgan fingerprint density at radius 3 is 2.69 bits per heavy atom. The monoisotopic (exact) mass is 502 g/mol. The average molecular weight is 503 g/mol. The molecule has 0 spiro atoms. The number of urea groups is 1. The molecule has 1 aliphatic heterocycles. The van der Waals surface area contributed by atoms with E-state index in [1.165, 1.54) is 23.6 Å². The van der Waals surface area contributed by atoms with Gasteiger partial charge in [-0.3, -0.25) is 0 Å². The van der Waals surface area contributed by atoms with Crippen molar-refractivity contribution in [3.05, 3.63) is 95.6 Å². The number of carbonyl (C=O) groups excluding carboxylic acids is 2. The largest absolute Gasteiger partial charge is 0.467 e. The second kappa shape index (κ2) is 10.7. The van der Waals surface area contributed by atoms with Crippen molar-refractivity contribution in [2.45, 2.75) is 31.1 Å². The van der Waals surface area contributed by atoms with Crippen LogP contribution < -0.4 is 10.6 Å². The first-order chi connectivity index (χ1) is 17.6. The number of benzene rings is 2. The molecule has 1 unspecified atom stereocenters. The van der Waals surface area contributed by atoms with E-state index in [0.29, 0.717) is 22.8 Å². The molecule has 5 rings (SSSR count). The van der Waals surface area contributed by atoms with Gasteiger partial charge in [0.25, 0.3) is 0 Å². The molecule has 36 heavy (non-hydrogen) atoms. The number of carbonyl (C=O) groups is 2. The summed E-state index contributed by atoms with van der Waals surface area (Å²) in [5.74, 6) is 0.290. The van der Waals surface area contributed by atoms with Gasteiger partial charge in [0.1, 0.15) is 11.8 Å². The van der Waals surface area contributed by atoms with Gasteiger partial charge in [-0.1, -0.05) is 54.2 Å². The highest BCUT2D eigenvalue weighted by atomic mass is 32.2. The fraction of sp³-hybridized carbons (Fsp3) is 0.222. The Bertz CT molecular complexity index is 1400. The highest BCUT2D eigenvalue weighted by Gasteiger charge is 2.35. The van der Waals surface area contributed by atoms with Crippen molar-refractivity contribution >= 4 is 34.8 Å². The Kier molecular flexibility index (Phi) is 7.08. The standard InChI is InChI=1S/C27H26N4O4S/c1-2-34-25(32)23-20(28-26(33)30-24(23)22-13-8-16-35-22)17-36-27-29-19-11-6-7-12-21(19)31(27)15-14-18-9-4-3-5-10-18/h3-13,16,24H,2,14-15,17H2,1H3,(H2,28,30,33). The first-order valence-electron chi connectivity index (χ1n) is 11.8. The summed E-state index contributed by atoms with van der Waals surface area (Å²) in [6, 6.07) is 20.6. The Morgan fingerprint density at radius 1 is 1.11 bits per heavy atom. The summed E-state index contributed by atoms with van der Waals surface area (Å²) in [7, 11) is 0. The van der Waals surface area contributed by atoms with Crippen molar-refractivity contribution in [3.8, 4) is 0 Å². The van der Waals surface area contributed by atoms with Gasteiger partial charge in [0.2, 0.25) is 0 Å². The van der Waals surface area contributed by atoms with Crippen LogP contribution in [0, 0.1) is 0 Å². The maximum atomic E-state index is 13.0. The lowest BCUT2D eigenvalue weighted by Crippen LogP contribution is -2.46. The SMILES string of the molecule is CCOC(=O)C1=C(CSc2nc3ccccc3n2CCc2ccccc2)NC(=O)NC1c1ccco1. The molecule has 2 aromatic heterocycles. The molecule has 2 aromatic carbocycles. The zero-order chi connectivity index (χ0) is 24.9. The highest BCUT2D eigenvalue weighted by Crippen LogP contribution is 2.32. The van der Waals surface area contributed by atoms with Gasteiger partial charge in [-0.05, 0) is 43.2 Å². The number of imidazole rings is 1. The first-order valence-corrected chi connectivity index (χ1v) is 12.8. The maximum absolute atomic E-state index is 13.0. The van der Waals surface area contributed by atoms with Gasteiger partial charge in [-0.15, -0.1) is 0 Å². The van der Waals surface area contributed by atoms with Crippen molar-refractivity contribution < 1.29 is 18.7 Å². The van der Waals surface area contributed by atoms with Crippen LogP contribution in [0.15, 0.2) is 93.8 Å². The van der Waals surface area contributed by atoms with E-state index in [2.05, 4.69) is 33.4 Å². The molecular formula is C27H26N4O4S. The number of hydrogen-bond acceptors (Lipinski definition) is 6. The smallest absolute Gasteiger partial charge is 0.338 e. The van der Waals surface area contributed by atoms with Gasteiger partial charge in [0, 0.05) is 18.0 Å². The van der Waals surface area contributed by atoms with Crippen LogP contribution in [0.3, 0.4) is 0 Å². The number of hydrogen-bond donors (Lipinski definition) is 2. The molecule has 1 atom stereocenters. The molecule has 0 radical (unpaired) electrons. The number of aromatic nitrogens is 2. The van der Waals surface area contributed by atoms with Crippen molar-refractivity contribution in [2.24, 2.45) is 0 Å². The van der Waals surface area contributed by atoms with Gasteiger partial charge >= 0.3 is 12.0 Å². The number of esters is 1. The number of furan rings is 1. The summed E-state index contributed by atoms with van der Waals surface area (Å²) in [6.07, 6.45) is 2.36. The van der Waals surface area contributed by atoms with E-state index >= 15 is 0 Å². The third-order valence-electron chi connectivity index (χ3n) is 5.91. The fourth-order valence-electron chi connectivity index (χ4n) is 4.25. The lowest BCUT2D eigenvalue weighted by molar-refractivity contribution is -0.139. The van der Waals surface area contributed by atoms with Crippen LogP contribution >= 0.6 is 11.8 Å². The van der Waals surface area contributed by atoms with Crippen LogP contribution in [-0.4, -0.2) is 33.9 Å². The molecule has 0 saturated carbocycles. The van der Waals surface area contributed by atoms with Crippen molar-refractivity contribution in [1.82, 2.24) is 20.2 Å². The Morgan fingerprint density at radius 2 is 1.92 bits per heavy atom. The maximum Gasteiger partial charge on any atom is 0.338 e. The molecule has 3 heterocycles. The lowest BCUT2D eigenvalue weighted by atomic mass is 10.0. The number of aryl methyl sites for hydroxylation is 2. The average Bonchev–Trinajstić information content (AvgIpc) is 3.55. The molecule has 2 N–H and O–H groups in total. The molecule has 0 fully saturated rings. The Balaban J connectivity index is 1.46. The van der Waals surface area contributed by atoms with E-state index < -0.39 is 18.0 Å². The van der Waals surface area contributed by atoms with E-state index in [4.69, 9.17) is 14.1 Å². The predicted octanol–water partition coefficient (Wildman–Crippen LogP) is 4.84. The molecule has 0 saturated heterocycles. The van der Waals surface area contributed by atoms with Crippen LogP contribution in [0.1, 0.15) is 24.3 Å². The van der Waals surface area contributed by atoms with E-state index in [0.717, 1.165) is 29.2 Å². The zero-order valence-electron chi connectivity index (χ0n) is 19.8. The van der Waals surface area contributed by atoms with Crippen LogP contribution in [0.2, 0.25) is 0 Å². The summed E-state index contributed by atoms with van der Waals surface area (Å²) in [6.45, 7) is 2.72. The third kappa shape index (κ3) is 5.01. The normalized spacial score (nSPS) is 15.6. The quantitative estimate of drug-likeness (QED) is 0.251. The number of nitrogens with one attached hydrogen (secondary N) is 2. The number of para-hydroxylation sites is 2. The number of nitrogens with zero attached hydrogens (tertiary/aromatic N) is 2. The fourth-order valence-corrected chi connectivity index (χ4v) is 5.26. The number of fused-ring (bicyclic) bond motifs is 1. The minimum atomic E-state index is -0.736. The molecular weight excluding hydrogens is 476 g/mol. The molecule has 0 aliphatic carbocycles. The van der Waals surface area contributed by atoms with Crippen LogP contribution in [0.5, 0.6) is 0 Å². The van der Waals surface area contributed by atoms with E-state index in [1.807, 2.05) is 36.4 Å². The van der Waals surface area contributed by atoms with E-state index in [1.54, 1.807) is 19.1 Å². The number of thioether (sulfide) groups is 1. The number of ether oxygens (including phenoxy) is 1. The second-order valence-corrected chi connectivity index (χ2v) is 9.16. The third-order valence-corrected chi connectivity index (χ3v) is 6.91. The molecule has 2 amide bonds. The summed E-state index contributed by atoms with van der Waals surface area (Å²) in [5, 5.41) is 6.39. The second-order valence-electron chi connectivity index (χ2n) is 8.22. The van der Waals surface area contributed by atoms with Crippen molar-refractivity contribution in [3.63, 3.8) is 0 Å². The van der Waals surface area contributed by atoms with Crippen LogP contribution in [0.25, 0.3) is 11.0 Å². The summed E-state index contributed by atoms with van der Waals surface area (Å²) in [5.41, 5.74) is 3.98. The van der Waals surface area contributed by atoms with E-state index in [-0.39, 0.29) is 6.61 Å². The van der Waals surface area contributed by atoms with Gasteiger partial charge in [-0.2, -0.15) is 0 Å². The Labute approximate surface area is 212 Å². The summed E-state index contributed by atoms with van der Waals surface area (Å²) in [4.78, 5) is 30.3. The van der Waals surface area contributed by atoms with Crippen LogP contribution in [0.4, 0.5) is 4.79 Å². The molecule has 8 nitrogen and oxygen atoms in total. The van der Waals surface area contributed by atoms with Crippen molar-refractivity contribution in [1.29, 1.82) is 0 Å². The van der Waals surface area contributed by atoms with Crippen LogP contribution in [-0.2, 0) is 22.5 Å². The minimum absolute atomic E-state index is 0.219. The summed E-state index contributed by atoms with van der Waals surface area (Å²) >= 11 is 1.47. The molecule has 4 aromatic rings. The molecule has 0 bridgehead atoms. The van der Waals surface area contributed by atoms with Gasteiger partial charge in [0.15, 0.2) is 5.16 Å². The summed E-state index contributed by atoms with van der Waals surface area (Å²) < 4.78 is 13.0. The van der Waals surface area contributed by atoms with Gasteiger partial charge < -0.3 is 24.4 Å². The van der Waals surface area contributed by atoms with Gasteiger partial charge in [-0.25, -0.2) is 14.6 Å². The zero-order valence-corrected chi connectivity index (χ0v) is 20.6. The molecule has 1 aliphatic rings. The predicted molar refractivity (Wildman–Crippen MR) is 137 cm³/mol. The topological polar surface area (TPSA) is 98.4 Å². The number of amides is 2. The van der Waals surface area contributed by atoms with E-state index in [9.17, 15) is 9.59 Å². The Hall–Kier alpha value is -3.98. The minimum Gasteiger partial charge on any atom is -0.467 e. The number of rotatable bonds is 9. The molecule has 9 heteroatoms. The lowest BCUT2D eigenvalue weighted by Gasteiger charge is -2.27.